The lowest BCUT2D eigenvalue weighted by Crippen LogP contribution is -2.32. The Morgan fingerprint density at radius 2 is 1.25 bits per heavy atom. The van der Waals surface area contributed by atoms with Crippen LogP contribution in [0.3, 0.4) is 0 Å². The molecule has 4 heterocycles. The van der Waals surface area contributed by atoms with Gasteiger partial charge in [0, 0.05) is 6.04 Å². The van der Waals surface area contributed by atoms with Crippen molar-refractivity contribution in [2.45, 2.75) is 24.4 Å². The maximum Gasteiger partial charge on any atom is 0.157 e. The van der Waals surface area contributed by atoms with Gasteiger partial charge in [-0.15, -0.1) is 0 Å². The third kappa shape index (κ3) is 6.08. The Morgan fingerprint density at radius 1 is 0.792 bits per heavy atom. The Kier molecular flexibility index (Phi) is 5.77. The summed E-state index contributed by atoms with van der Waals surface area (Å²) in [5, 5.41) is 8.83. The molecular formula is C12H21NO8S3. The van der Waals surface area contributed by atoms with Crippen molar-refractivity contribution in [1.82, 2.24) is 0 Å². The number of hydrogen-bond donors (Lipinski definition) is 2. The number of aliphatic hydroxyl groups excluding tert-OH is 1. The minimum atomic E-state index is -3.02. The van der Waals surface area contributed by atoms with Gasteiger partial charge in [-0.25, -0.2) is 25.3 Å². The lowest BCUT2D eigenvalue weighted by atomic mass is 10.2. The summed E-state index contributed by atoms with van der Waals surface area (Å²) < 4.78 is 68.1. The highest BCUT2D eigenvalue weighted by molar-refractivity contribution is 7.92. The molecule has 0 radical (unpaired) electrons. The summed E-state index contributed by atoms with van der Waals surface area (Å²) in [5.41, 5.74) is 5.22. The number of fused-ring (bicyclic) bond motifs is 1. The molecular weight excluding hydrogens is 382 g/mol. The molecule has 4 atom stereocenters. The van der Waals surface area contributed by atoms with Crippen LogP contribution in [0, 0.1) is 0 Å². The average molecular weight is 404 g/mol. The molecule has 4 unspecified atom stereocenters. The van der Waals surface area contributed by atoms with Gasteiger partial charge in [0.1, 0.15) is 0 Å². The summed E-state index contributed by atoms with van der Waals surface area (Å²) >= 11 is 0. The molecule has 3 saturated heterocycles. The van der Waals surface area contributed by atoms with Gasteiger partial charge in [-0.05, 0) is 0 Å². The number of epoxide rings is 1. The zero-order valence-electron chi connectivity index (χ0n) is 12.8. The molecule has 0 saturated carbocycles. The van der Waals surface area contributed by atoms with Gasteiger partial charge < -0.3 is 15.6 Å². The first-order valence-electron chi connectivity index (χ1n) is 7.24. The van der Waals surface area contributed by atoms with Crippen molar-refractivity contribution >= 4 is 29.5 Å². The van der Waals surface area contributed by atoms with Crippen molar-refractivity contribution in [3.63, 3.8) is 0 Å². The van der Waals surface area contributed by atoms with Crippen molar-refractivity contribution in [1.29, 1.82) is 0 Å². The van der Waals surface area contributed by atoms with E-state index in [1.807, 2.05) is 0 Å². The van der Waals surface area contributed by atoms with E-state index in [0.717, 1.165) is 0 Å². The van der Waals surface area contributed by atoms with Crippen LogP contribution >= 0.6 is 0 Å². The minimum Gasteiger partial charge on any atom is -0.390 e. The fourth-order valence-electron chi connectivity index (χ4n) is 2.39. The van der Waals surface area contributed by atoms with E-state index in [4.69, 9.17) is 15.6 Å². The number of sulfone groups is 3. The number of ether oxygens (including phenoxy) is 1. The van der Waals surface area contributed by atoms with Gasteiger partial charge in [0.2, 0.25) is 0 Å². The van der Waals surface area contributed by atoms with Gasteiger partial charge in [-0.2, -0.15) is 0 Å². The van der Waals surface area contributed by atoms with Gasteiger partial charge >= 0.3 is 0 Å². The Hall–Kier alpha value is -0.530. The van der Waals surface area contributed by atoms with Crippen molar-refractivity contribution in [2.24, 2.45) is 5.73 Å². The molecule has 3 N–H and O–H groups in total. The van der Waals surface area contributed by atoms with Crippen LogP contribution in [0.2, 0.25) is 0 Å². The molecule has 9 nitrogen and oxygen atoms in total. The monoisotopic (exact) mass is 403 g/mol. The third-order valence-electron chi connectivity index (χ3n) is 3.76. The lowest BCUT2D eigenvalue weighted by Gasteiger charge is -2.02. The minimum absolute atomic E-state index is 0.0694. The van der Waals surface area contributed by atoms with Gasteiger partial charge in [0.05, 0.1) is 52.8 Å². The topological polar surface area (TPSA) is 161 Å². The first-order valence-corrected chi connectivity index (χ1v) is 12.7. The van der Waals surface area contributed by atoms with Crippen LogP contribution in [0.5, 0.6) is 0 Å². The summed E-state index contributed by atoms with van der Waals surface area (Å²) in [6.45, 7) is 0. The fourth-order valence-corrected chi connectivity index (χ4v) is 6.82. The SMILES string of the molecule is NC1CS(=O)(=O)CC1O.O=S1(=O)CC2OC2C1.O=S1(=O)CC=CC1. The van der Waals surface area contributed by atoms with E-state index in [-0.39, 0.29) is 46.7 Å². The van der Waals surface area contributed by atoms with Crippen LogP contribution in [0.15, 0.2) is 12.2 Å². The average Bonchev–Trinajstić information content (AvgIpc) is 2.73. The second-order valence-electron chi connectivity index (χ2n) is 6.15. The van der Waals surface area contributed by atoms with E-state index < -0.39 is 41.7 Å². The molecule has 4 aliphatic heterocycles. The van der Waals surface area contributed by atoms with Crippen molar-refractivity contribution in [3.05, 3.63) is 12.2 Å². The van der Waals surface area contributed by atoms with E-state index >= 15 is 0 Å². The maximum absolute atomic E-state index is 10.6. The third-order valence-corrected chi connectivity index (χ3v) is 8.57. The Morgan fingerprint density at radius 3 is 1.42 bits per heavy atom. The number of aliphatic hydroxyl groups is 1. The second kappa shape index (κ2) is 7.00. The Balaban J connectivity index is 0.000000131. The molecule has 140 valence electrons. The van der Waals surface area contributed by atoms with E-state index in [0.29, 0.717) is 0 Å². The first kappa shape index (κ1) is 19.8. The van der Waals surface area contributed by atoms with E-state index in [2.05, 4.69) is 0 Å². The van der Waals surface area contributed by atoms with Crippen molar-refractivity contribution in [3.8, 4) is 0 Å². The van der Waals surface area contributed by atoms with E-state index in [9.17, 15) is 25.3 Å². The number of hydrogen-bond acceptors (Lipinski definition) is 9. The molecule has 24 heavy (non-hydrogen) atoms. The van der Waals surface area contributed by atoms with Gasteiger partial charge in [-0.3, -0.25) is 0 Å². The van der Waals surface area contributed by atoms with Gasteiger partial charge in [0.25, 0.3) is 0 Å². The molecule has 0 aromatic rings. The molecule has 0 bridgehead atoms. The molecule has 12 heteroatoms. The van der Waals surface area contributed by atoms with Crippen LogP contribution in [0.1, 0.15) is 0 Å². The molecule has 0 spiro atoms. The summed E-state index contributed by atoms with van der Waals surface area (Å²) in [7, 11) is -8.35. The first-order chi connectivity index (χ1) is 10.9. The normalized spacial score (nSPS) is 39.1. The van der Waals surface area contributed by atoms with Crippen molar-refractivity contribution < 1.29 is 35.1 Å². The van der Waals surface area contributed by atoms with Gasteiger partial charge in [-0.1, -0.05) is 12.2 Å². The molecule has 4 rings (SSSR count). The molecule has 3 fully saturated rings. The second-order valence-corrected chi connectivity index (χ2v) is 12.6. The highest BCUT2D eigenvalue weighted by atomic mass is 32.2. The van der Waals surface area contributed by atoms with Crippen LogP contribution in [0.4, 0.5) is 0 Å². The summed E-state index contributed by atoms with van der Waals surface area (Å²) in [6, 6.07) is -0.574. The zero-order valence-corrected chi connectivity index (χ0v) is 15.3. The van der Waals surface area contributed by atoms with Crippen LogP contribution in [-0.2, 0) is 34.2 Å². The standard InChI is InChI=1S/C4H9NO3S.C4H6O3S.C4H6O2S/c5-3-1-9(7,8)2-4(3)6;5-8(6)1-3-4(2-8)7-3;5-7(6)3-1-2-4-7/h3-4,6H,1-2,5H2;3-4H,1-2H2;1-2H,3-4H2. The maximum atomic E-state index is 10.6. The lowest BCUT2D eigenvalue weighted by molar-refractivity contribution is 0.183. The van der Waals surface area contributed by atoms with Crippen LogP contribution in [-0.4, -0.2) is 89.2 Å². The Bertz CT molecular complexity index is 753. The smallest absolute Gasteiger partial charge is 0.157 e. The number of rotatable bonds is 0. The quantitative estimate of drug-likeness (QED) is 0.323. The Labute approximate surface area is 141 Å². The van der Waals surface area contributed by atoms with Crippen molar-refractivity contribution in [2.75, 3.05) is 34.5 Å². The van der Waals surface area contributed by atoms with E-state index in [1.165, 1.54) is 0 Å². The zero-order chi connectivity index (χ0) is 18.2. The molecule has 0 aliphatic carbocycles. The fraction of sp³-hybridized carbons (Fsp3) is 0.833. The molecule has 4 aliphatic rings. The summed E-state index contributed by atoms with van der Waals surface area (Å²) in [5.74, 6) is 0.762. The highest BCUT2D eigenvalue weighted by Crippen LogP contribution is 2.31. The molecule has 0 aromatic heterocycles. The summed E-state index contributed by atoms with van der Waals surface area (Å²) in [4.78, 5) is 0. The van der Waals surface area contributed by atoms with Crippen LogP contribution < -0.4 is 5.73 Å². The van der Waals surface area contributed by atoms with Crippen LogP contribution in [0.25, 0.3) is 0 Å². The predicted octanol–water partition coefficient (Wildman–Crippen LogP) is -2.74. The molecule has 0 amide bonds. The predicted molar refractivity (Wildman–Crippen MR) is 87.7 cm³/mol. The highest BCUT2D eigenvalue weighted by Gasteiger charge is 2.51. The van der Waals surface area contributed by atoms with Gasteiger partial charge in [0.15, 0.2) is 29.5 Å². The van der Waals surface area contributed by atoms with E-state index in [1.54, 1.807) is 12.2 Å². The number of nitrogens with two attached hydrogens (primary N) is 1. The largest absolute Gasteiger partial charge is 0.390 e. The molecule has 0 aromatic carbocycles. The summed E-state index contributed by atoms with van der Waals surface area (Å²) in [6.07, 6.45) is 2.64.